The van der Waals surface area contributed by atoms with Gasteiger partial charge in [0, 0.05) is 20.4 Å². The van der Waals surface area contributed by atoms with E-state index in [0.717, 1.165) is 23.5 Å². The van der Waals surface area contributed by atoms with E-state index in [9.17, 15) is 21.6 Å². The maximum Gasteiger partial charge on any atom is 0.416 e. The molecule has 0 unspecified atom stereocenters. The fourth-order valence-corrected chi connectivity index (χ4v) is 4.34. The Balaban J connectivity index is 2.43. The molecule has 0 aliphatic rings. The van der Waals surface area contributed by atoms with Crippen molar-refractivity contribution in [2.24, 2.45) is 0 Å². The normalized spacial score (nSPS) is 12.7. The zero-order chi connectivity index (χ0) is 15.1. The summed E-state index contributed by atoms with van der Waals surface area (Å²) in [6.07, 6.45) is -4.39. The van der Waals surface area contributed by atoms with E-state index in [2.05, 4.69) is 0 Å². The lowest BCUT2D eigenvalue weighted by molar-refractivity contribution is -0.137. The molecule has 0 atom stereocenters. The first-order valence-electron chi connectivity index (χ1n) is 5.32. The first kappa shape index (κ1) is 15.3. The van der Waals surface area contributed by atoms with Crippen LogP contribution >= 0.6 is 22.0 Å². The van der Waals surface area contributed by atoms with Crippen LogP contribution in [0, 0.1) is 6.92 Å². The molecule has 0 fully saturated rings. The van der Waals surface area contributed by atoms with E-state index in [1.165, 1.54) is 18.2 Å². The predicted molar refractivity (Wildman–Crippen MR) is 72.5 cm³/mol. The SMILES string of the molecule is Cc1sc(-c2ccc(C(F)(F)F)cc2)cc1S(=O)(=O)Cl. The van der Waals surface area contributed by atoms with Crippen LogP contribution < -0.4 is 0 Å². The highest BCUT2D eigenvalue weighted by Crippen LogP contribution is 2.36. The molecule has 0 aliphatic carbocycles. The highest BCUT2D eigenvalue weighted by molar-refractivity contribution is 8.13. The van der Waals surface area contributed by atoms with Crippen molar-refractivity contribution >= 4 is 31.1 Å². The van der Waals surface area contributed by atoms with Crippen molar-refractivity contribution in [1.29, 1.82) is 0 Å². The van der Waals surface area contributed by atoms with E-state index < -0.39 is 20.8 Å². The minimum absolute atomic E-state index is 0.0148. The van der Waals surface area contributed by atoms with Gasteiger partial charge in [-0.25, -0.2) is 8.42 Å². The van der Waals surface area contributed by atoms with E-state index in [-0.39, 0.29) is 4.90 Å². The highest BCUT2D eigenvalue weighted by atomic mass is 35.7. The van der Waals surface area contributed by atoms with Crippen LogP contribution in [0.3, 0.4) is 0 Å². The minimum atomic E-state index is -4.39. The molecule has 0 saturated carbocycles. The topological polar surface area (TPSA) is 34.1 Å². The standard InChI is InChI=1S/C12H8ClF3O2S2/c1-7-11(20(13,17)18)6-10(19-7)8-2-4-9(5-3-8)12(14,15)16/h2-6H,1H3. The summed E-state index contributed by atoms with van der Waals surface area (Å²) in [4.78, 5) is 1.03. The molecule has 0 N–H and O–H groups in total. The van der Waals surface area contributed by atoms with Gasteiger partial charge < -0.3 is 0 Å². The van der Waals surface area contributed by atoms with Crippen LogP contribution in [0.5, 0.6) is 0 Å². The summed E-state index contributed by atoms with van der Waals surface area (Å²) in [5.41, 5.74) is -0.239. The molecule has 0 radical (unpaired) electrons. The highest BCUT2D eigenvalue weighted by Gasteiger charge is 2.30. The Hall–Kier alpha value is -1.05. The van der Waals surface area contributed by atoms with Gasteiger partial charge in [0.05, 0.1) is 10.5 Å². The molecular formula is C12H8ClF3O2S2. The Morgan fingerprint density at radius 1 is 1.15 bits per heavy atom. The lowest BCUT2D eigenvalue weighted by atomic mass is 10.1. The largest absolute Gasteiger partial charge is 0.416 e. The molecule has 20 heavy (non-hydrogen) atoms. The molecule has 2 nitrogen and oxygen atoms in total. The first-order valence-corrected chi connectivity index (χ1v) is 8.44. The van der Waals surface area contributed by atoms with Gasteiger partial charge in [-0.1, -0.05) is 12.1 Å². The van der Waals surface area contributed by atoms with E-state index >= 15 is 0 Å². The number of hydrogen-bond donors (Lipinski definition) is 0. The van der Waals surface area contributed by atoms with Crippen LogP contribution in [0.25, 0.3) is 10.4 Å². The number of thiophene rings is 1. The lowest BCUT2D eigenvalue weighted by Crippen LogP contribution is -2.03. The molecule has 1 aromatic heterocycles. The second-order valence-electron chi connectivity index (χ2n) is 4.04. The molecule has 1 heterocycles. The fraction of sp³-hybridized carbons (Fsp3) is 0.167. The number of rotatable bonds is 2. The van der Waals surface area contributed by atoms with Crippen molar-refractivity contribution in [3.63, 3.8) is 0 Å². The summed E-state index contributed by atoms with van der Waals surface area (Å²) in [6.45, 7) is 1.59. The van der Waals surface area contributed by atoms with Crippen molar-refractivity contribution in [2.75, 3.05) is 0 Å². The van der Waals surface area contributed by atoms with Crippen molar-refractivity contribution in [2.45, 2.75) is 18.0 Å². The molecule has 1 aromatic carbocycles. The van der Waals surface area contributed by atoms with Gasteiger partial charge in [-0.2, -0.15) is 13.2 Å². The summed E-state index contributed by atoms with van der Waals surface area (Å²) in [5.74, 6) is 0. The second kappa shape index (κ2) is 5.05. The Morgan fingerprint density at radius 3 is 2.10 bits per heavy atom. The predicted octanol–water partition coefficient (Wildman–Crippen LogP) is 4.67. The van der Waals surface area contributed by atoms with Crippen molar-refractivity contribution in [1.82, 2.24) is 0 Å². The molecular weight excluding hydrogens is 333 g/mol. The van der Waals surface area contributed by atoms with Crippen LogP contribution in [-0.4, -0.2) is 8.42 Å². The van der Waals surface area contributed by atoms with Gasteiger partial charge in [0.2, 0.25) is 0 Å². The molecule has 2 aromatic rings. The molecule has 0 bridgehead atoms. The summed E-state index contributed by atoms with van der Waals surface area (Å²) in [5, 5.41) is 0. The number of benzene rings is 1. The molecule has 0 saturated heterocycles. The van der Waals surface area contributed by atoms with Crippen LogP contribution in [0.15, 0.2) is 35.2 Å². The smallest absolute Gasteiger partial charge is 0.207 e. The van der Waals surface area contributed by atoms with Crippen LogP contribution in [0.2, 0.25) is 0 Å². The van der Waals surface area contributed by atoms with Gasteiger partial charge in [0.1, 0.15) is 0 Å². The van der Waals surface area contributed by atoms with Gasteiger partial charge in [0.25, 0.3) is 9.05 Å². The van der Waals surface area contributed by atoms with Gasteiger partial charge in [-0.3, -0.25) is 0 Å². The maximum absolute atomic E-state index is 12.5. The van der Waals surface area contributed by atoms with Crippen LogP contribution in [0.4, 0.5) is 13.2 Å². The summed E-state index contributed by atoms with van der Waals surface area (Å²) >= 11 is 1.16. The molecule has 108 valence electrons. The Kier molecular flexibility index (Phi) is 3.88. The van der Waals surface area contributed by atoms with E-state index in [0.29, 0.717) is 15.3 Å². The molecule has 0 spiro atoms. The average molecular weight is 341 g/mol. The Bertz CT molecular complexity index is 731. The van der Waals surface area contributed by atoms with E-state index in [1.807, 2.05) is 0 Å². The zero-order valence-electron chi connectivity index (χ0n) is 10.0. The summed E-state index contributed by atoms with van der Waals surface area (Å²) < 4.78 is 60.0. The van der Waals surface area contributed by atoms with Crippen LogP contribution in [0.1, 0.15) is 10.4 Å². The zero-order valence-corrected chi connectivity index (χ0v) is 12.4. The number of alkyl halides is 3. The Labute approximate surface area is 122 Å². The molecule has 2 rings (SSSR count). The number of halogens is 4. The minimum Gasteiger partial charge on any atom is -0.207 e. The van der Waals surface area contributed by atoms with Crippen molar-refractivity contribution in [3.05, 3.63) is 40.8 Å². The van der Waals surface area contributed by atoms with Crippen molar-refractivity contribution in [3.8, 4) is 10.4 Å². The molecule has 8 heteroatoms. The third kappa shape index (κ3) is 3.16. The monoisotopic (exact) mass is 340 g/mol. The molecule has 0 amide bonds. The number of aryl methyl sites for hydroxylation is 1. The fourth-order valence-electron chi connectivity index (χ4n) is 1.67. The van der Waals surface area contributed by atoms with Gasteiger partial charge in [-0.05, 0) is 30.7 Å². The van der Waals surface area contributed by atoms with E-state index in [1.54, 1.807) is 6.92 Å². The van der Waals surface area contributed by atoms with Crippen molar-refractivity contribution < 1.29 is 21.6 Å². The van der Waals surface area contributed by atoms with Crippen LogP contribution in [-0.2, 0) is 15.2 Å². The quantitative estimate of drug-likeness (QED) is 0.744. The van der Waals surface area contributed by atoms with E-state index in [4.69, 9.17) is 10.7 Å². The average Bonchev–Trinajstić information content (AvgIpc) is 2.70. The molecule has 0 aliphatic heterocycles. The third-order valence-corrected chi connectivity index (χ3v) is 5.31. The third-order valence-electron chi connectivity index (χ3n) is 2.63. The maximum atomic E-state index is 12.5. The lowest BCUT2D eigenvalue weighted by Gasteiger charge is -2.06. The summed E-state index contributed by atoms with van der Waals surface area (Å²) in [7, 11) is 1.43. The van der Waals surface area contributed by atoms with Gasteiger partial charge in [-0.15, -0.1) is 11.3 Å². The first-order chi connectivity index (χ1) is 9.09. The Morgan fingerprint density at radius 2 is 1.70 bits per heavy atom. The van der Waals surface area contributed by atoms with Gasteiger partial charge >= 0.3 is 6.18 Å². The second-order valence-corrected chi connectivity index (χ2v) is 7.83. The van der Waals surface area contributed by atoms with Gasteiger partial charge in [0.15, 0.2) is 0 Å². The number of hydrogen-bond acceptors (Lipinski definition) is 3. The summed E-state index contributed by atoms with van der Waals surface area (Å²) in [6, 6.07) is 5.89.